The molecule has 1 heterocycles. The van der Waals surface area contributed by atoms with E-state index in [-0.39, 0.29) is 0 Å². The minimum Gasteiger partial charge on any atom is -0.376 e. The normalized spacial score (nSPS) is 30.4. The lowest BCUT2D eigenvalue weighted by atomic mass is 10.1. The van der Waals surface area contributed by atoms with Gasteiger partial charge in [-0.25, -0.2) is 0 Å². The molecule has 1 aliphatic heterocycles. The molecule has 90 valence electrons. The third kappa shape index (κ3) is 4.49. The molecule has 1 saturated heterocycles. The number of nitrogens with zero attached hydrogens (tertiary/aromatic N) is 1. The standard InChI is InChI=1S/C12H26N2O/c1-5-13-6-10(2)7-14-8-12(4)15-9-11(14)3/h10-13H,5-9H2,1-4H3. The van der Waals surface area contributed by atoms with E-state index in [1.165, 1.54) is 6.54 Å². The van der Waals surface area contributed by atoms with Crippen molar-refractivity contribution in [3.63, 3.8) is 0 Å². The molecular formula is C12H26N2O. The minimum atomic E-state index is 0.396. The van der Waals surface area contributed by atoms with Gasteiger partial charge in [0.1, 0.15) is 0 Å². The Balaban J connectivity index is 2.28. The summed E-state index contributed by atoms with van der Waals surface area (Å²) in [5, 5.41) is 3.41. The van der Waals surface area contributed by atoms with Crippen LogP contribution in [0.4, 0.5) is 0 Å². The molecule has 0 aromatic carbocycles. The largest absolute Gasteiger partial charge is 0.376 e. The Morgan fingerprint density at radius 3 is 2.87 bits per heavy atom. The van der Waals surface area contributed by atoms with E-state index >= 15 is 0 Å². The van der Waals surface area contributed by atoms with Crippen LogP contribution in [0.3, 0.4) is 0 Å². The maximum Gasteiger partial charge on any atom is 0.0674 e. The van der Waals surface area contributed by atoms with Gasteiger partial charge in [-0.15, -0.1) is 0 Å². The van der Waals surface area contributed by atoms with E-state index in [2.05, 4.69) is 37.9 Å². The molecule has 3 atom stereocenters. The Labute approximate surface area is 94.2 Å². The summed E-state index contributed by atoms with van der Waals surface area (Å²) in [6.07, 6.45) is 0.396. The summed E-state index contributed by atoms with van der Waals surface area (Å²) < 4.78 is 5.63. The molecule has 0 aromatic rings. The quantitative estimate of drug-likeness (QED) is 0.747. The van der Waals surface area contributed by atoms with Crippen LogP contribution in [0.1, 0.15) is 27.7 Å². The second-order valence-corrected chi connectivity index (χ2v) is 4.86. The van der Waals surface area contributed by atoms with Gasteiger partial charge < -0.3 is 10.1 Å². The predicted molar refractivity (Wildman–Crippen MR) is 64.2 cm³/mol. The van der Waals surface area contributed by atoms with Gasteiger partial charge >= 0.3 is 0 Å². The van der Waals surface area contributed by atoms with Crippen molar-refractivity contribution in [2.75, 3.05) is 32.8 Å². The molecule has 15 heavy (non-hydrogen) atoms. The third-order valence-electron chi connectivity index (χ3n) is 3.03. The summed E-state index contributed by atoms with van der Waals surface area (Å²) >= 11 is 0. The fraction of sp³-hybridized carbons (Fsp3) is 1.00. The Morgan fingerprint density at radius 1 is 1.47 bits per heavy atom. The third-order valence-corrected chi connectivity index (χ3v) is 3.03. The van der Waals surface area contributed by atoms with Gasteiger partial charge in [0, 0.05) is 19.1 Å². The molecule has 0 aliphatic carbocycles. The van der Waals surface area contributed by atoms with E-state index in [0.29, 0.717) is 12.1 Å². The maximum atomic E-state index is 5.63. The highest BCUT2D eigenvalue weighted by atomic mass is 16.5. The lowest BCUT2D eigenvalue weighted by Crippen LogP contribution is -2.49. The lowest BCUT2D eigenvalue weighted by Gasteiger charge is -2.38. The van der Waals surface area contributed by atoms with E-state index in [1.807, 2.05) is 0 Å². The van der Waals surface area contributed by atoms with Crippen LogP contribution in [0, 0.1) is 5.92 Å². The molecular weight excluding hydrogens is 188 g/mol. The molecule has 0 radical (unpaired) electrons. The van der Waals surface area contributed by atoms with E-state index in [1.54, 1.807) is 0 Å². The summed E-state index contributed by atoms with van der Waals surface area (Å²) in [6, 6.07) is 0.574. The zero-order chi connectivity index (χ0) is 11.3. The van der Waals surface area contributed by atoms with Gasteiger partial charge in [-0.1, -0.05) is 13.8 Å². The van der Waals surface area contributed by atoms with Crippen molar-refractivity contribution < 1.29 is 4.74 Å². The molecule has 0 spiro atoms. The van der Waals surface area contributed by atoms with Crippen molar-refractivity contribution in [2.45, 2.75) is 39.8 Å². The highest BCUT2D eigenvalue weighted by Crippen LogP contribution is 2.13. The molecule has 3 nitrogen and oxygen atoms in total. The molecule has 1 aliphatic rings. The first-order valence-corrected chi connectivity index (χ1v) is 6.19. The average Bonchev–Trinajstić information content (AvgIpc) is 2.20. The second-order valence-electron chi connectivity index (χ2n) is 4.86. The van der Waals surface area contributed by atoms with Crippen LogP contribution in [-0.4, -0.2) is 49.8 Å². The Bertz CT molecular complexity index is 175. The van der Waals surface area contributed by atoms with Gasteiger partial charge in [-0.2, -0.15) is 0 Å². The second kappa shape index (κ2) is 6.46. The highest BCUT2D eigenvalue weighted by Gasteiger charge is 2.24. The number of nitrogens with one attached hydrogen (secondary N) is 1. The molecule has 3 heteroatoms. The summed E-state index contributed by atoms with van der Waals surface area (Å²) in [6.45, 7) is 14.2. The monoisotopic (exact) mass is 214 g/mol. The molecule has 0 amide bonds. The van der Waals surface area contributed by atoms with Crippen LogP contribution < -0.4 is 5.32 Å². The summed E-state index contributed by atoms with van der Waals surface area (Å²) in [5.74, 6) is 0.720. The topological polar surface area (TPSA) is 24.5 Å². The van der Waals surface area contributed by atoms with Crippen LogP contribution in [0.15, 0.2) is 0 Å². The van der Waals surface area contributed by atoms with Gasteiger partial charge in [0.25, 0.3) is 0 Å². The molecule has 1 N–H and O–H groups in total. The first-order chi connectivity index (χ1) is 7.13. The lowest BCUT2D eigenvalue weighted by molar-refractivity contribution is -0.0533. The minimum absolute atomic E-state index is 0.396. The first kappa shape index (κ1) is 12.9. The Hall–Kier alpha value is -0.120. The summed E-state index contributed by atoms with van der Waals surface area (Å²) in [4.78, 5) is 2.55. The summed E-state index contributed by atoms with van der Waals surface area (Å²) in [7, 11) is 0. The number of rotatable bonds is 5. The molecule has 3 unspecified atom stereocenters. The van der Waals surface area contributed by atoms with Crippen molar-refractivity contribution in [2.24, 2.45) is 5.92 Å². The molecule has 1 fully saturated rings. The number of morpholine rings is 1. The molecule has 1 rings (SSSR count). The first-order valence-electron chi connectivity index (χ1n) is 6.19. The van der Waals surface area contributed by atoms with Crippen molar-refractivity contribution in [3.8, 4) is 0 Å². The average molecular weight is 214 g/mol. The zero-order valence-electron chi connectivity index (χ0n) is 10.6. The van der Waals surface area contributed by atoms with E-state index in [0.717, 1.165) is 32.2 Å². The van der Waals surface area contributed by atoms with Gasteiger partial charge in [-0.05, 0) is 32.9 Å². The van der Waals surface area contributed by atoms with Crippen LogP contribution in [0.25, 0.3) is 0 Å². The Kier molecular flexibility index (Phi) is 5.58. The van der Waals surface area contributed by atoms with E-state index in [9.17, 15) is 0 Å². The number of ether oxygens (including phenoxy) is 1. The maximum absolute atomic E-state index is 5.63. The van der Waals surface area contributed by atoms with Crippen LogP contribution in [0.2, 0.25) is 0 Å². The van der Waals surface area contributed by atoms with Crippen LogP contribution >= 0.6 is 0 Å². The zero-order valence-corrected chi connectivity index (χ0v) is 10.6. The van der Waals surface area contributed by atoms with Crippen molar-refractivity contribution in [3.05, 3.63) is 0 Å². The van der Waals surface area contributed by atoms with Crippen molar-refractivity contribution >= 4 is 0 Å². The van der Waals surface area contributed by atoms with Crippen molar-refractivity contribution in [1.82, 2.24) is 10.2 Å². The molecule has 0 aromatic heterocycles. The van der Waals surface area contributed by atoms with Crippen molar-refractivity contribution in [1.29, 1.82) is 0 Å². The van der Waals surface area contributed by atoms with Crippen LogP contribution in [-0.2, 0) is 4.74 Å². The highest BCUT2D eigenvalue weighted by molar-refractivity contribution is 4.77. The van der Waals surface area contributed by atoms with Gasteiger partial charge in [0.05, 0.1) is 12.7 Å². The SMILES string of the molecule is CCNCC(C)CN1CC(C)OCC1C. The van der Waals surface area contributed by atoms with E-state index < -0.39 is 0 Å². The molecule has 0 saturated carbocycles. The van der Waals surface area contributed by atoms with E-state index in [4.69, 9.17) is 4.74 Å². The van der Waals surface area contributed by atoms with Gasteiger partial charge in [0.2, 0.25) is 0 Å². The molecule has 0 bridgehead atoms. The predicted octanol–water partition coefficient (Wildman–Crippen LogP) is 1.34. The fourth-order valence-electron chi connectivity index (χ4n) is 2.08. The Morgan fingerprint density at radius 2 is 2.20 bits per heavy atom. The smallest absolute Gasteiger partial charge is 0.0674 e. The fourth-order valence-corrected chi connectivity index (χ4v) is 2.08. The van der Waals surface area contributed by atoms with Crippen LogP contribution in [0.5, 0.6) is 0 Å². The number of hydrogen-bond donors (Lipinski definition) is 1. The number of hydrogen-bond acceptors (Lipinski definition) is 3. The van der Waals surface area contributed by atoms with Gasteiger partial charge in [-0.3, -0.25) is 4.90 Å². The van der Waals surface area contributed by atoms with Gasteiger partial charge in [0.15, 0.2) is 0 Å². The summed E-state index contributed by atoms with van der Waals surface area (Å²) in [5.41, 5.74) is 0.